The number of hydrogen-bond donors (Lipinski definition) is 2. The Labute approximate surface area is 185 Å². The molecule has 1 aliphatic heterocycles. The molecule has 31 heavy (non-hydrogen) atoms. The molecule has 1 heterocycles. The Balaban J connectivity index is 1.68. The van der Waals surface area contributed by atoms with E-state index in [1.165, 1.54) is 4.90 Å². The molecule has 0 saturated heterocycles. The summed E-state index contributed by atoms with van der Waals surface area (Å²) in [6, 6.07) is 21.8. The van der Waals surface area contributed by atoms with Crippen molar-refractivity contribution in [1.82, 2.24) is 5.32 Å². The van der Waals surface area contributed by atoms with Gasteiger partial charge in [-0.2, -0.15) is 0 Å². The summed E-state index contributed by atoms with van der Waals surface area (Å²) in [5.41, 5.74) is 4.47. The second kappa shape index (κ2) is 8.62. The van der Waals surface area contributed by atoms with Crippen LogP contribution in [0.15, 0.2) is 77.8 Å². The second-order valence-corrected chi connectivity index (χ2v) is 7.65. The number of likely N-dealkylation sites (N-methyl/N-ethyl adjacent to an activating group) is 1. The fourth-order valence-electron chi connectivity index (χ4n) is 3.49. The number of benzene rings is 3. The Hall–Kier alpha value is -3.64. The van der Waals surface area contributed by atoms with Crippen molar-refractivity contribution < 1.29 is 9.59 Å². The number of hydrogen-bond acceptors (Lipinski definition) is 3. The van der Waals surface area contributed by atoms with Gasteiger partial charge in [0.25, 0.3) is 5.91 Å². The fraction of sp³-hybridized carbons (Fsp3) is 0.125. The molecule has 4 rings (SSSR count). The molecule has 0 spiro atoms. The molecule has 0 bridgehead atoms. The van der Waals surface area contributed by atoms with E-state index in [1.807, 2.05) is 61.5 Å². The van der Waals surface area contributed by atoms with Crippen molar-refractivity contribution in [2.75, 3.05) is 17.3 Å². The number of carbonyl (C=O) groups excluding carboxylic acids is 2. The minimum atomic E-state index is -1.08. The lowest BCUT2D eigenvalue weighted by atomic mass is 10.0. The summed E-state index contributed by atoms with van der Waals surface area (Å²) < 4.78 is 0. The summed E-state index contributed by atoms with van der Waals surface area (Å²) in [7, 11) is 1.68. The van der Waals surface area contributed by atoms with Gasteiger partial charge in [0.1, 0.15) is 0 Å². The minimum Gasteiger partial charge on any atom is -0.311 e. The van der Waals surface area contributed by atoms with Crippen molar-refractivity contribution in [3.05, 3.63) is 94.5 Å². The third kappa shape index (κ3) is 4.29. The summed E-state index contributed by atoms with van der Waals surface area (Å²) in [5, 5.41) is 6.05. The zero-order valence-corrected chi connectivity index (χ0v) is 17.9. The number of benzodiazepines with no additional fused rings is 1. The molecule has 3 aromatic carbocycles. The molecule has 0 fully saturated rings. The van der Waals surface area contributed by atoms with Crippen LogP contribution in [-0.4, -0.2) is 30.9 Å². The number of nitrogens with zero attached hydrogens (tertiary/aromatic N) is 2. The van der Waals surface area contributed by atoms with Crippen LogP contribution in [0, 0.1) is 6.92 Å². The summed E-state index contributed by atoms with van der Waals surface area (Å²) in [6.07, 6.45) is -1.08. The molecule has 0 radical (unpaired) electrons. The highest BCUT2D eigenvalue weighted by molar-refractivity contribution is 6.30. The molecule has 1 aliphatic rings. The first-order valence-electron chi connectivity index (χ1n) is 9.78. The number of halogens is 1. The quantitative estimate of drug-likeness (QED) is 0.634. The molecule has 3 aromatic rings. The predicted molar refractivity (Wildman–Crippen MR) is 124 cm³/mol. The number of amides is 3. The number of aryl methyl sites for hydroxylation is 1. The van der Waals surface area contributed by atoms with Crippen molar-refractivity contribution in [3.63, 3.8) is 0 Å². The standard InChI is InChI=1S/C24H21ClN4O2/c1-15-14-17(25)12-13-19(15)26-24(31)28-22-23(30)29(2)20-11-7-6-10-18(20)21(27-22)16-8-4-3-5-9-16/h3-14,22H,1-2H3,(H2,26,28,31). The number of nitrogens with one attached hydrogen (secondary N) is 2. The van der Waals surface area contributed by atoms with Crippen molar-refractivity contribution in [1.29, 1.82) is 0 Å². The van der Waals surface area contributed by atoms with Crippen LogP contribution in [0.5, 0.6) is 0 Å². The number of carbonyl (C=O) groups is 2. The van der Waals surface area contributed by atoms with Crippen LogP contribution in [0.3, 0.4) is 0 Å². The van der Waals surface area contributed by atoms with Crippen molar-refractivity contribution in [2.24, 2.45) is 4.99 Å². The molecule has 0 aliphatic carbocycles. The smallest absolute Gasteiger partial charge is 0.311 e. The number of fused-ring (bicyclic) bond motifs is 1. The first kappa shape index (κ1) is 20.6. The first-order valence-corrected chi connectivity index (χ1v) is 10.2. The van der Waals surface area contributed by atoms with Crippen LogP contribution >= 0.6 is 11.6 Å². The monoisotopic (exact) mass is 432 g/mol. The molecule has 1 unspecified atom stereocenters. The highest BCUT2D eigenvalue weighted by Crippen LogP contribution is 2.27. The number of urea groups is 1. The molecule has 7 heteroatoms. The molecule has 156 valence electrons. The largest absolute Gasteiger partial charge is 0.321 e. The van der Waals surface area contributed by atoms with E-state index in [1.54, 1.807) is 25.2 Å². The van der Waals surface area contributed by atoms with Gasteiger partial charge in [-0.25, -0.2) is 9.79 Å². The van der Waals surface area contributed by atoms with Gasteiger partial charge in [-0.05, 0) is 36.8 Å². The van der Waals surface area contributed by atoms with Gasteiger partial charge in [0.15, 0.2) is 0 Å². The molecular weight excluding hydrogens is 412 g/mol. The summed E-state index contributed by atoms with van der Waals surface area (Å²) in [6.45, 7) is 1.84. The Morgan fingerprint density at radius 2 is 1.74 bits per heavy atom. The van der Waals surface area contributed by atoms with E-state index in [9.17, 15) is 9.59 Å². The van der Waals surface area contributed by atoms with E-state index >= 15 is 0 Å². The van der Waals surface area contributed by atoms with Crippen LogP contribution < -0.4 is 15.5 Å². The molecule has 0 aromatic heterocycles. The topological polar surface area (TPSA) is 73.8 Å². The van der Waals surface area contributed by atoms with Crippen LogP contribution in [0.2, 0.25) is 5.02 Å². The van der Waals surface area contributed by atoms with Gasteiger partial charge in [0, 0.05) is 28.9 Å². The van der Waals surface area contributed by atoms with Crippen LogP contribution in [-0.2, 0) is 4.79 Å². The normalized spacial score (nSPS) is 15.6. The van der Waals surface area contributed by atoms with Gasteiger partial charge in [0.2, 0.25) is 6.17 Å². The van der Waals surface area contributed by atoms with Crippen LogP contribution in [0.4, 0.5) is 16.2 Å². The van der Waals surface area contributed by atoms with Gasteiger partial charge < -0.3 is 15.5 Å². The Kier molecular flexibility index (Phi) is 5.73. The molecule has 0 saturated carbocycles. The van der Waals surface area contributed by atoms with E-state index in [0.717, 1.165) is 22.4 Å². The first-order chi connectivity index (χ1) is 14.9. The van der Waals surface area contributed by atoms with Gasteiger partial charge >= 0.3 is 6.03 Å². The van der Waals surface area contributed by atoms with Gasteiger partial charge in [0.05, 0.1) is 11.4 Å². The van der Waals surface area contributed by atoms with Crippen molar-refractivity contribution >= 4 is 40.6 Å². The van der Waals surface area contributed by atoms with Crippen molar-refractivity contribution in [2.45, 2.75) is 13.1 Å². The molecule has 1 atom stereocenters. The Morgan fingerprint density at radius 3 is 2.48 bits per heavy atom. The molecular formula is C24H21ClN4O2. The zero-order chi connectivity index (χ0) is 22.0. The average molecular weight is 433 g/mol. The zero-order valence-electron chi connectivity index (χ0n) is 17.1. The lowest BCUT2D eigenvalue weighted by Crippen LogP contribution is -2.47. The van der Waals surface area contributed by atoms with E-state index in [2.05, 4.69) is 15.6 Å². The highest BCUT2D eigenvalue weighted by Gasteiger charge is 2.31. The van der Waals surface area contributed by atoms with E-state index < -0.39 is 12.2 Å². The van der Waals surface area contributed by atoms with E-state index in [-0.39, 0.29) is 5.91 Å². The summed E-state index contributed by atoms with van der Waals surface area (Å²) in [4.78, 5) is 32.0. The van der Waals surface area contributed by atoms with Gasteiger partial charge in [-0.15, -0.1) is 0 Å². The number of anilines is 2. The Morgan fingerprint density at radius 1 is 1.03 bits per heavy atom. The number of para-hydroxylation sites is 1. The Bertz CT molecular complexity index is 1180. The average Bonchev–Trinajstić information content (AvgIpc) is 2.87. The number of aliphatic imine (C=N–C) groups is 1. The third-order valence-electron chi connectivity index (χ3n) is 5.09. The predicted octanol–water partition coefficient (Wildman–Crippen LogP) is 4.61. The molecule has 6 nitrogen and oxygen atoms in total. The lowest BCUT2D eigenvalue weighted by molar-refractivity contribution is -0.119. The van der Waals surface area contributed by atoms with Crippen LogP contribution in [0.25, 0.3) is 0 Å². The minimum absolute atomic E-state index is 0.332. The lowest BCUT2D eigenvalue weighted by Gasteiger charge is -2.21. The SMILES string of the molecule is Cc1cc(Cl)ccc1NC(=O)NC1N=C(c2ccccc2)c2ccccc2N(C)C1=O. The third-order valence-corrected chi connectivity index (χ3v) is 5.33. The maximum Gasteiger partial charge on any atom is 0.321 e. The summed E-state index contributed by atoms with van der Waals surface area (Å²) >= 11 is 5.98. The van der Waals surface area contributed by atoms with Gasteiger partial charge in [-0.1, -0.05) is 60.1 Å². The maximum atomic E-state index is 13.1. The van der Waals surface area contributed by atoms with Gasteiger partial charge in [-0.3, -0.25) is 4.79 Å². The van der Waals surface area contributed by atoms with E-state index in [4.69, 9.17) is 11.6 Å². The second-order valence-electron chi connectivity index (χ2n) is 7.22. The maximum absolute atomic E-state index is 13.1. The molecule has 2 N–H and O–H groups in total. The van der Waals surface area contributed by atoms with Crippen molar-refractivity contribution in [3.8, 4) is 0 Å². The summed E-state index contributed by atoms with van der Waals surface area (Å²) in [5.74, 6) is -0.332. The van der Waals surface area contributed by atoms with Crippen LogP contribution in [0.1, 0.15) is 16.7 Å². The fourth-order valence-corrected chi connectivity index (χ4v) is 3.72. The highest BCUT2D eigenvalue weighted by atomic mass is 35.5. The number of rotatable bonds is 3. The molecule has 3 amide bonds. The van der Waals surface area contributed by atoms with E-state index in [0.29, 0.717) is 16.4 Å².